The van der Waals surface area contributed by atoms with Crippen molar-refractivity contribution in [2.45, 2.75) is 64.9 Å². The fourth-order valence-corrected chi connectivity index (χ4v) is 4.32. The third-order valence-electron chi connectivity index (χ3n) is 5.60. The van der Waals surface area contributed by atoms with E-state index in [4.69, 9.17) is 9.73 Å². The summed E-state index contributed by atoms with van der Waals surface area (Å²) in [5.74, 6) is 2.43. The van der Waals surface area contributed by atoms with Crippen LogP contribution in [0.1, 0.15) is 58.8 Å². The average Bonchev–Trinajstić information content (AvgIpc) is 3.13. The van der Waals surface area contributed by atoms with Crippen LogP contribution in [0.5, 0.6) is 0 Å². The van der Waals surface area contributed by atoms with E-state index in [0.717, 1.165) is 44.5 Å². The summed E-state index contributed by atoms with van der Waals surface area (Å²) in [6.45, 7) is 10.3. The lowest BCUT2D eigenvalue weighted by atomic mass is 9.98. The van der Waals surface area contributed by atoms with Crippen molar-refractivity contribution < 1.29 is 4.74 Å². The van der Waals surface area contributed by atoms with Gasteiger partial charge in [-0.2, -0.15) is 0 Å². The molecule has 0 radical (unpaired) electrons. The quantitative estimate of drug-likeness (QED) is 0.302. The topological polar surface area (TPSA) is 48.9 Å². The van der Waals surface area contributed by atoms with Crippen LogP contribution in [-0.4, -0.2) is 63.3 Å². The van der Waals surface area contributed by atoms with Crippen LogP contribution in [0.25, 0.3) is 0 Å². The van der Waals surface area contributed by atoms with Gasteiger partial charge >= 0.3 is 0 Å². The number of nitrogens with zero attached hydrogens (tertiary/aromatic N) is 2. The summed E-state index contributed by atoms with van der Waals surface area (Å²) < 4.78 is 6.03. The molecule has 1 saturated heterocycles. The first-order chi connectivity index (χ1) is 12.2. The van der Waals surface area contributed by atoms with Gasteiger partial charge in [0.05, 0.1) is 6.10 Å². The van der Waals surface area contributed by atoms with E-state index >= 15 is 0 Å². The second-order valence-electron chi connectivity index (χ2n) is 7.74. The number of hydrogen-bond donors (Lipinski definition) is 2. The molecule has 0 aromatic heterocycles. The fourth-order valence-electron chi connectivity index (χ4n) is 4.32. The van der Waals surface area contributed by atoms with Gasteiger partial charge in [0.25, 0.3) is 0 Å². The molecule has 0 aromatic rings. The molecule has 1 heterocycles. The highest BCUT2D eigenvalue weighted by Gasteiger charge is 2.25. The SMILES string of the molecule is CCNC(=NCC1CCCN(C)C1)NCCC(OCC)C1CCCC1.I. The number of likely N-dealkylation sites (tertiary alicyclic amines) is 1. The zero-order valence-corrected chi connectivity index (χ0v) is 19.5. The van der Waals surface area contributed by atoms with Crippen molar-refractivity contribution in [3.8, 4) is 0 Å². The highest BCUT2D eigenvalue weighted by molar-refractivity contribution is 14.0. The predicted molar refractivity (Wildman–Crippen MR) is 122 cm³/mol. The number of rotatable bonds is 9. The maximum atomic E-state index is 6.03. The van der Waals surface area contributed by atoms with Crippen molar-refractivity contribution in [1.82, 2.24) is 15.5 Å². The predicted octanol–water partition coefficient (Wildman–Crippen LogP) is 3.49. The smallest absolute Gasteiger partial charge is 0.191 e. The lowest BCUT2D eigenvalue weighted by Crippen LogP contribution is -2.40. The van der Waals surface area contributed by atoms with E-state index in [2.05, 4.69) is 36.4 Å². The zero-order chi connectivity index (χ0) is 17.9. The first-order valence-electron chi connectivity index (χ1n) is 10.5. The standard InChI is InChI=1S/C20H40N4O.HI/c1-4-21-20(23-15-17-9-8-14-24(3)16-17)22-13-12-19(25-5-2)18-10-6-7-11-18;/h17-19H,4-16H2,1-3H3,(H2,21,22,23);1H. The summed E-state index contributed by atoms with van der Waals surface area (Å²) in [5, 5.41) is 6.92. The van der Waals surface area contributed by atoms with E-state index in [1.165, 1.54) is 51.6 Å². The van der Waals surface area contributed by atoms with Gasteiger partial charge < -0.3 is 20.3 Å². The number of aliphatic imine (C=N–C) groups is 1. The number of piperidine rings is 1. The second-order valence-corrected chi connectivity index (χ2v) is 7.74. The third kappa shape index (κ3) is 8.74. The van der Waals surface area contributed by atoms with Crippen molar-refractivity contribution in [2.75, 3.05) is 46.4 Å². The molecule has 2 aliphatic rings. The van der Waals surface area contributed by atoms with Crippen LogP contribution >= 0.6 is 24.0 Å². The molecule has 2 N–H and O–H groups in total. The van der Waals surface area contributed by atoms with E-state index in [1.807, 2.05) is 0 Å². The molecular formula is C20H41IN4O. The van der Waals surface area contributed by atoms with Crippen molar-refractivity contribution in [3.05, 3.63) is 0 Å². The van der Waals surface area contributed by atoms with Gasteiger partial charge in [0.15, 0.2) is 5.96 Å². The van der Waals surface area contributed by atoms with Crippen molar-refractivity contribution in [2.24, 2.45) is 16.8 Å². The molecule has 0 bridgehead atoms. The Morgan fingerprint density at radius 1 is 1.15 bits per heavy atom. The molecule has 2 unspecified atom stereocenters. The molecule has 26 heavy (non-hydrogen) atoms. The van der Waals surface area contributed by atoms with Gasteiger partial charge in [-0.3, -0.25) is 4.99 Å². The first kappa shape index (κ1) is 24.0. The Labute approximate surface area is 178 Å². The highest BCUT2D eigenvalue weighted by Crippen LogP contribution is 2.30. The first-order valence-corrected chi connectivity index (χ1v) is 10.5. The number of guanidine groups is 1. The largest absolute Gasteiger partial charge is 0.378 e. The molecule has 154 valence electrons. The van der Waals surface area contributed by atoms with Crippen LogP contribution in [-0.2, 0) is 4.74 Å². The molecule has 0 aromatic carbocycles. The van der Waals surface area contributed by atoms with Crippen LogP contribution in [0.3, 0.4) is 0 Å². The van der Waals surface area contributed by atoms with Crippen molar-refractivity contribution in [1.29, 1.82) is 0 Å². The van der Waals surface area contributed by atoms with Crippen LogP contribution in [0.4, 0.5) is 0 Å². The minimum absolute atomic E-state index is 0. The zero-order valence-electron chi connectivity index (χ0n) is 17.1. The summed E-state index contributed by atoms with van der Waals surface area (Å²) in [7, 11) is 2.22. The van der Waals surface area contributed by atoms with Crippen molar-refractivity contribution in [3.63, 3.8) is 0 Å². The summed E-state index contributed by atoms with van der Waals surface area (Å²) in [4.78, 5) is 7.27. The normalized spacial score (nSPS) is 23.5. The lowest BCUT2D eigenvalue weighted by molar-refractivity contribution is 0.0169. The Balaban J connectivity index is 0.00000338. The molecule has 2 rings (SSSR count). The van der Waals surface area contributed by atoms with E-state index in [1.54, 1.807) is 0 Å². The molecular weight excluding hydrogens is 439 g/mol. The molecule has 1 aliphatic heterocycles. The molecule has 2 atom stereocenters. The number of nitrogens with one attached hydrogen (secondary N) is 2. The van der Waals surface area contributed by atoms with Gasteiger partial charge in [-0.05, 0) is 71.4 Å². The van der Waals surface area contributed by atoms with Gasteiger partial charge in [-0.15, -0.1) is 24.0 Å². The fraction of sp³-hybridized carbons (Fsp3) is 0.950. The summed E-state index contributed by atoms with van der Waals surface area (Å²) in [5.41, 5.74) is 0. The molecule has 1 aliphatic carbocycles. The maximum Gasteiger partial charge on any atom is 0.191 e. The van der Waals surface area contributed by atoms with E-state index in [9.17, 15) is 0 Å². The molecule has 0 amide bonds. The highest BCUT2D eigenvalue weighted by atomic mass is 127. The average molecular weight is 480 g/mol. The van der Waals surface area contributed by atoms with Gasteiger partial charge in [-0.25, -0.2) is 0 Å². The Bertz CT molecular complexity index is 388. The van der Waals surface area contributed by atoms with Crippen LogP contribution in [0.2, 0.25) is 0 Å². The molecule has 0 spiro atoms. The Morgan fingerprint density at radius 2 is 1.92 bits per heavy atom. The molecule has 6 heteroatoms. The summed E-state index contributed by atoms with van der Waals surface area (Å²) >= 11 is 0. The van der Waals surface area contributed by atoms with E-state index in [-0.39, 0.29) is 24.0 Å². The molecule has 1 saturated carbocycles. The van der Waals surface area contributed by atoms with E-state index < -0.39 is 0 Å². The van der Waals surface area contributed by atoms with Gasteiger partial charge in [-0.1, -0.05) is 12.8 Å². The number of halogens is 1. The van der Waals surface area contributed by atoms with Gasteiger partial charge in [0.1, 0.15) is 0 Å². The Morgan fingerprint density at radius 3 is 2.58 bits per heavy atom. The van der Waals surface area contributed by atoms with Gasteiger partial charge in [0.2, 0.25) is 0 Å². The summed E-state index contributed by atoms with van der Waals surface area (Å²) in [6, 6.07) is 0. The number of ether oxygens (including phenoxy) is 1. The van der Waals surface area contributed by atoms with Crippen molar-refractivity contribution >= 4 is 29.9 Å². The summed E-state index contributed by atoms with van der Waals surface area (Å²) in [6.07, 6.45) is 9.54. The second kappa shape index (κ2) is 14.0. The minimum atomic E-state index is 0. The Hall–Kier alpha value is -0.0800. The number of hydrogen-bond acceptors (Lipinski definition) is 3. The monoisotopic (exact) mass is 480 g/mol. The third-order valence-corrected chi connectivity index (χ3v) is 5.60. The van der Waals surface area contributed by atoms with Crippen LogP contribution < -0.4 is 10.6 Å². The van der Waals surface area contributed by atoms with Gasteiger partial charge in [0, 0.05) is 32.8 Å². The van der Waals surface area contributed by atoms with Crippen LogP contribution in [0.15, 0.2) is 4.99 Å². The molecule has 2 fully saturated rings. The maximum absolute atomic E-state index is 6.03. The lowest BCUT2D eigenvalue weighted by Gasteiger charge is -2.28. The Kier molecular flexibility index (Phi) is 12.9. The molecule has 5 nitrogen and oxygen atoms in total. The van der Waals surface area contributed by atoms with E-state index in [0.29, 0.717) is 12.0 Å². The minimum Gasteiger partial charge on any atom is -0.378 e. The van der Waals surface area contributed by atoms with Crippen LogP contribution in [0, 0.1) is 11.8 Å².